The van der Waals surface area contributed by atoms with Crippen molar-refractivity contribution in [2.45, 2.75) is 6.92 Å². The fraction of sp³-hybridized carbons (Fsp3) is 0.0500. The average Bonchev–Trinajstić information content (AvgIpc) is 3.16. The molecule has 2 heterocycles. The first kappa shape index (κ1) is 15.8. The summed E-state index contributed by atoms with van der Waals surface area (Å²) in [5.74, 6) is -1.84. The van der Waals surface area contributed by atoms with Gasteiger partial charge in [-0.2, -0.15) is 0 Å². The molecule has 0 spiro atoms. The maximum atomic E-state index is 12.7. The van der Waals surface area contributed by atoms with Crippen molar-refractivity contribution in [3.8, 4) is 11.3 Å². The summed E-state index contributed by atoms with van der Waals surface area (Å²) in [5.41, 5.74) is 1.82. The van der Waals surface area contributed by atoms with Crippen LogP contribution in [0.25, 0.3) is 11.3 Å². The number of carbonyl (C=O) groups excluding carboxylic acids is 3. The standard InChI is InChI=1S/C20H13NO5/c1-12-11-25-17(13-7-3-2-4-8-13)16(12)20(24)26-21-18(22)14-9-5-6-10-15(14)19(21)23/h2-11H,1H3. The summed E-state index contributed by atoms with van der Waals surface area (Å²) in [7, 11) is 0. The Balaban J connectivity index is 1.66. The van der Waals surface area contributed by atoms with E-state index in [1.807, 2.05) is 18.2 Å². The van der Waals surface area contributed by atoms with Crippen LogP contribution in [-0.4, -0.2) is 22.8 Å². The summed E-state index contributed by atoms with van der Waals surface area (Å²) >= 11 is 0. The van der Waals surface area contributed by atoms with Gasteiger partial charge >= 0.3 is 5.97 Å². The van der Waals surface area contributed by atoms with Crippen molar-refractivity contribution >= 4 is 17.8 Å². The number of amides is 2. The van der Waals surface area contributed by atoms with Crippen LogP contribution in [0, 0.1) is 6.92 Å². The molecule has 2 aromatic carbocycles. The Morgan fingerprint density at radius 1 is 0.923 bits per heavy atom. The minimum Gasteiger partial charge on any atom is -0.463 e. The molecule has 0 saturated heterocycles. The Kier molecular flexibility index (Phi) is 3.65. The van der Waals surface area contributed by atoms with Crippen molar-refractivity contribution in [2.75, 3.05) is 0 Å². The van der Waals surface area contributed by atoms with Gasteiger partial charge < -0.3 is 9.25 Å². The molecule has 0 atom stereocenters. The molecular formula is C20H13NO5. The molecule has 0 radical (unpaired) electrons. The quantitative estimate of drug-likeness (QED) is 0.676. The highest BCUT2D eigenvalue weighted by Crippen LogP contribution is 2.30. The fourth-order valence-corrected chi connectivity index (χ4v) is 2.88. The largest absolute Gasteiger partial charge is 0.463 e. The normalized spacial score (nSPS) is 13.0. The molecule has 128 valence electrons. The van der Waals surface area contributed by atoms with Gasteiger partial charge in [0, 0.05) is 11.1 Å². The molecule has 26 heavy (non-hydrogen) atoms. The Morgan fingerprint density at radius 2 is 1.50 bits per heavy atom. The van der Waals surface area contributed by atoms with Crippen molar-refractivity contribution in [3.05, 3.63) is 83.1 Å². The zero-order chi connectivity index (χ0) is 18.3. The van der Waals surface area contributed by atoms with E-state index in [0.29, 0.717) is 22.0 Å². The predicted octanol–water partition coefficient (Wildman–Crippen LogP) is 3.62. The summed E-state index contributed by atoms with van der Waals surface area (Å²) in [6, 6.07) is 15.4. The number of hydrogen-bond acceptors (Lipinski definition) is 5. The topological polar surface area (TPSA) is 76.8 Å². The summed E-state index contributed by atoms with van der Waals surface area (Å²) < 4.78 is 5.49. The maximum absolute atomic E-state index is 12.7. The van der Waals surface area contributed by atoms with Gasteiger partial charge in [0.1, 0.15) is 11.3 Å². The number of benzene rings is 2. The van der Waals surface area contributed by atoms with Crippen molar-refractivity contribution in [1.29, 1.82) is 0 Å². The number of imide groups is 1. The van der Waals surface area contributed by atoms with E-state index < -0.39 is 17.8 Å². The van der Waals surface area contributed by atoms with Crippen LogP contribution in [-0.2, 0) is 4.84 Å². The summed E-state index contributed by atoms with van der Waals surface area (Å²) in [6.07, 6.45) is 1.43. The smallest absolute Gasteiger partial charge is 0.368 e. The van der Waals surface area contributed by atoms with Gasteiger partial charge in [-0.3, -0.25) is 9.59 Å². The highest BCUT2D eigenvalue weighted by molar-refractivity contribution is 6.21. The third-order valence-corrected chi connectivity index (χ3v) is 4.15. The molecule has 0 fully saturated rings. The second-order valence-electron chi connectivity index (χ2n) is 5.82. The van der Waals surface area contributed by atoms with Crippen LogP contribution in [0.2, 0.25) is 0 Å². The first-order chi connectivity index (χ1) is 12.6. The number of aryl methyl sites for hydroxylation is 1. The average molecular weight is 347 g/mol. The number of rotatable bonds is 3. The number of hydroxylamine groups is 2. The summed E-state index contributed by atoms with van der Waals surface area (Å²) in [6.45, 7) is 1.69. The van der Waals surface area contributed by atoms with E-state index in [1.165, 1.54) is 18.4 Å². The number of fused-ring (bicyclic) bond motifs is 1. The van der Waals surface area contributed by atoms with Gasteiger partial charge in [0.2, 0.25) is 0 Å². The third-order valence-electron chi connectivity index (χ3n) is 4.15. The SMILES string of the molecule is Cc1coc(-c2ccccc2)c1C(=O)ON1C(=O)c2ccccc2C1=O. The monoisotopic (exact) mass is 347 g/mol. The van der Waals surface area contributed by atoms with Crippen LogP contribution >= 0.6 is 0 Å². The molecular weight excluding hydrogens is 334 g/mol. The second kappa shape index (κ2) is 6.00. The lowest BCUT2D eigenvalue weighted by Gasteiger charge is -2.13. The van der Waals surface area contributed by atoms with Crippen molar-refractivity contribution in [1.82, 2.24) is 5.06 Å². The van der Waals surface area contributed by atoms with Gasteiger partial charge in [-0.25, -0.2) is 4.79 Å². The molecule has 6 nitrogen and oxygen atoms in total. The van der Waals surface area contributed by atoms with E-state index in [0.717, 1.165) is 0 Å². The molecule has 4 rings (SSSR count). The minimum atomic E-state index is -0.829. The van der Waals surface area contributed by atoms with Crippen LogP contribution in [0.1, 0.15) is 36.6 Å². The van der Waals surface area contributed by atoms with Crippen molar-refractivity contribution < 1.29 is 23.6 Å². The van der Waals surface area contributed by atoms with Gasteiger partial charge in [0.15, 0.2) is 0 Å². The Bertz CT molecular complexity index is 1000. The molecule has 0 N–H and O–H groups in total. The van der Waals surface area contributed by atoms with Crippen LogP contribution in [0.5, 0.6) is 0 Å². The number of carbonyl (C=O) groups is 3. The minimum absolute atomic E-state index is 0.174. The first-order valence-corrected chi connectivity index (χ1v) is 7.91. The maximum Gasteiger partial charge on any atom is 0.368 e. The highest BCUT2D eigenvalue weighted by atomic mass is 16.7. The Hall–Kier alpha value is -3.67. The molecule has 1 aliphatic rings. The van der Waals surface area contributed by atoms with E-state index in [1.54, 1.807) is 31.2 Å². The molecule has 0 aliphatic carbocycles. The molecule has 1 aliphatic heterocycles. The van der Waals surface area contributed by atoms with E-state index in [9.17, 15) is 14.4 Å². The Morgan fingerprint density at radius 3 is 2.12 bits per heavy atom. The van der Waals surface area contributed by atoms with E-state index in [4.69, 9.17) is 9.25 Å². The first-order valence-electron chi connectivity index (χ1n) is 7.91. The molecule has 0 saturated carbocycles. The zero-order valence-corrected chi connectivity index (χ0v) is 13.8. The summed E-state index contributed by atoms with van der Waals surface area (Å²) in [4.78, 5) is 42.5. The van der Waals surface area contributed by atoms with Crippen molar-refractivity contribution in [2.24, 2.45) is 0 Å². The molecule has 3 aromatic rings. The van der Waals surface area contributed by atoms with E-state index >= 15 is 0 Å². The van der Waals surface area contributed by atoms with Crippen LogP contribution < -0.4 is 0 Å². The third kappa shape index (κ3) is 2.39. The number of nitrogens with zero attached hydrogens (tertiary/aromatic N) is 1. The Labute approximate surface area is 148 Å². The lowest BCUT2D eigenvalue weighted by atomic mass is 10.1. The molecule has 2 amide bonds. The van der Waals surface area contributed by atoms with Gasteiger partial charge in [-0.15, -0.1) is 0 Å². The van der Waals surface area contributed by atoms with Crippen molar-refractivity contribution in [3.63, 3.8) is 0 Å². The molecule has 1 aromatic heterocycles. The van der Waals surface area contributed by atoms with Gasteiger partial charge in [-0.05, 0) is 19.1 Å². The van der Waals surface area contributed by atoms with Gasteiger partial charge in [0.05, 0.1) is 17.4 Å². The fourth-order valence-electron chi connectivity index (χ4n) is 2.88. The van der Waals surface area contributed by atoms with Crippen LogP contribution in [0.15, 0.2) is 65.3 Å². The number of furan rings is 1. The van der Waals surface area contributed by atoms with Crippen LogP contribution in [0.3, 0.4) is 0 Å². The molecule has 0 bridgehead atoms. The van der Waals surface area contributed by atoms with Gasteiger partial charge in [0.25, 0.3) is 11.8 Å². The molecule has 6 heteroatoms. The van der Waals surface area contributed by atoms with E-state index in [2.05, 4.69) is 0 Å². The van der Waals surface area contributed by atoms with Crippen LogP contribution in [0.4, 0.5) is 0 Å². The van der Waals surface area contributed by atoms with Gasteiger partial charge in [-0.1, -0.05) is 47.5 Å². The highest BCUT2D eigenvalue weighted by Gasteiger charge is 2.39. The lowest BCUT2D eigenvalue weighted by Crippen LogP contribution is -2.32. The second-order valence-corrected chi connectivity index (χ2v) is 5.82. The predicted molar refractivity (Wildman–Crippen MR) is 91.2 cm³/mol. The number of hydrogen-bond donors (Lipinski definition) is 0. The molecule has 0 unspecified atom stereocenters. The zero-order valence-electron chi connectivity index (χ0n) is 13.8. The van der Waals surface area contributed by atoms with E-state index in [-0.39, 0.29) is 16.7 Å². The summed E-state index contributed by atoms with van der Waals surface area (Å²) in [5, 5.41) is 0.494. The lowest BCUT2D eigenvalue weighted by molar-refractivity contribution is -0.0584.